The summed E-state index contributed by atoms with van der Waals surface area (Å²) in [6.45, 7) is 3.42. The van der Waals surface area contributed by atoms with E-state index in [4.69, 9.17) is 0 Å². The van der Waals surface area contributed by atoms with E-state index in [1.54, 1.807) is 0 Å². The van der Waals surface area contributed by atoms with Gasteiger partial charge in [0.05, 0.1) is 0 Å². The van der Waals surface area contributed by atoms with Gasteiger partial charge in [0.15, 0.2) is 0 Å². The van der Waals surface area contributed by atoms with Gasteiger partial charge in [-0.05, 0) is 37.6 Å². The minimum absolute atomic E-state index is 0.823. The Morgan fingerprint density at radius 1 is 0.941 bits per heavy atom. The first-order chi connectivity index (χ1) is 8.38. The van der Waals surface area contributed by atoms with Crippen molar-refractivity contribution < 1.29 is 0 Å². The minimum Gasteiger partial charge on any atom is -0.314 e. The fourth-order valence-corrected chi connectivity index (χ4v) is 3.98. The Bertz CT molecular complexity index is 190. The zero-order chi connectivity index (χ0) is 11.9. The van der Waals surface area contributed by atoms with Crippen LogP contribution in [0.2, 0.25) is 0 Å². The summed E-state index contributed by atoms with van der Waals surface area (Å²) in [6, 6.07) is 0.823. The second-order valence-corrected chi connectivity index (χ2v) is 6.37. The van der Waals surface area contributed by atoms with Gasteiger partial charge in [0.2, 0.25) is 0 Å². The highest BCUT2D eigenvalue weighted by Gasteiger charge is 2.21. The molecule has 2 fully saturated rings. The average Bonchev–Trinajstić information content (AvgIpc) is 2.99. The van der Waals surface area contributed by atoms with Gasteiger partial charge in [-0.3, -0.25) is 0 Å². The van der Waals surface area contributed by atoms with Crippen LogP contribution in [0.5, 0.6) is 0 Å². The molecule has 0 bridgehead atoms. The molecule has 1 nitrogen and oxygen atoms in total. The van der Waals surface area contributed by atoms with Gasteiger partial charge in [0, 0.05) is 6.04 Å². The fourth-order valence-electron chi connectivity index (χ4n) is 3.98. The maximum absolute atomic E-state index is 3.73. The molecule has 2 aliphatic rings. The van der Waals surface area contributed by atoms with Crippen LogP contribution in [0.1, 0.15) is 77.6 Å². The first kappa shape index (κ1) is 13.4. The summed E-state index contributed by atoms with van der Waals surface area (Å²) in [5.74, 6) is 2.11. The van der Waals surface area contributed by atoms with Gasteiger partial charge in [-0.15, -0.1) is 0 Å². The van der Waals surface area contributed by atoms with Gasteiger partial charge in [0.1, 0.15) is 0 Å². The molecule has 1 atom stereocenters. The summed E-state index contributed by atoms with van der Waals surface area (Å²) in [5, 5.41) is 3.73. The van der Waals surface area contributed by atoms with E-state index in [0.717, 1.165) is 24.4 Å². The van der Waals surface area contributed by atoms with E-state index in [1.165, 1.54) is 70.6 Å². The normalized spacial score (nSPS) is 24.5. The Kier molecular flexibility index (Phi) is 5.84. The van der Waals surface area contributed by atoms with E-state index in [9.17, 15) is 0 Å². The van der Waals surface area contributed by atoms with Crippen molar-refractivity contribution in [3.8, 4) is 0 Å². The van der Waals surface area contributed by atoms with Crippen molar-refractivity contribution in [2.24, 2.45) is 11.8 Å². The standard InChI is InChI=1S/C16H31N/c1-2-17-16(13-15-9-5-6-10-15)12-11-14-7-3-4-8-14/h14-17H,2-13H2,1H3. The SMILES string of the molecule is CCNC(CCC1CCCC1)CC1CCCC1. The zero-order valence-electron chi connectivity index (χ0n) is 11.7. The van der Waals surface area contributed by atoms with Crippen molar-refractivity contribution in [2.45, 2.75) is 83.6 Å². The summed E-state index contributed by atoms with van der Waals surface area (Å²) >= 11 is 0. The van der Waals surface area contributed by atoms with Gasteiger partial charge in [-0.2, -0.15) is 0 Å². The van der Waals surface area contributed by atoms with Crippen molar-refractivity contribution in [3.05, 3.63) is 0 Å². The lowest BCUT2D eigenvalue weighted by Gasteiger charge is -2.22. The average molecular weight is 237 g/mol. The van der Waals surface area contributed by atoms with Gasteiger partial charge < -0.3 is 5.32 Å². The summed E-state index contributed by atoms with van der Waals surface area (Å²) in [7, 11) is 0. The molecule has 0 aliphatic heterocycles. The summed E-state index contributed by atoms with van der Waals surface area (Å²) in [5.41, 5.74) is 0. The minimum atomic E-state index is 0.823. The zero-order valence-corrected chi connectivity index (χ0v) is 11.7. The molecule has 100 valence electrons. The molecule has 1 unspecified atom stereocenters. The van der Waals surface area contributed by atoms with Crippen molar-refractivity contribution in [1.82, 2.24) is 5.32 Å². The second kappa shape index (κ2) is 7.41. The molecule has 1 N–H and O–H groups in total. The Hall–Kier alpha value is -0.0400. The van der Waals surface area contributed by atoms with Crippen molar-refractivity contribution >= 4 is 0 Å². The van der Waals surface area contributed by atoms with E-state index in [-0.39, 0.29) is 0 Å². The Morgan fingerprint density at radius 2 is 1.53 bits per heavy atom. The Morgan fingerprint density at radius 3 is 2.12 bits per heavy atom. The highest BCUT2D eigenvalue weighted by molar-refractivity contribution is 4.77. The maximum atomic E-state index is 3.73. The molecule has 0 aromatic carbocycles. The lowest BCUT2D eigenvalue weighted by Crippen LogP contribution is -2.31. The quantitative estimate of drug-likeness (QED) is 0.686. The van der Waals surface area contributed by atoms with E-state index in [0.29, 0.717) is 0 Å². The van der Waals surface area contributed by atoms with Crippen LogP contribution < -0.4 is 5.32 Å². The molecular formula is C16H31N. The lowest BCUT2D eigenvalue weighted by atomic mass is 9.92. The van der Waals surface area contributed by atoms with Gasteiger partial charge in [-0.1, -0.05) is 58.3 Å². The second-order valence-electron chi connectivity index (χ2n) is 6.37. The predicted octanol–water partition coefficient (Wildman–Crippen LogP) is 4.52. The Balaban J connectivity index is 1.67. The van der Waals surface area contributed by atoms with E-state index in [1.807, 2.05) is 0 Å². The predicted molar refractivity (Wildman–Crippen MR) is 75.2 cm³/mol. The molecular weight excluding hydrogens is 206 g/mol. The molecule has 0 spiro atoms. The summed E-state index contributed by atoms with van der Waals surface area (Å²) in [6.07, 6.45) is 16.4. The molecule has 1 heteroatoms. The number of nitrogens with one attached hydrogen (secondary N) is 1. The highest BCUT2D eigenvalue weighted by Crippen LogP contribution is 2.32. The van der Waals surface area contributed by atoms with Gasteiger partial charge >= 0.3 is 0 Å². The lowest BCUT2D eigenvalue weighted by molar-refractivity contribution is 0.345. The van der Waals surface area contributed by atoms with Gasteiger partial charge in [-0.25, -0.2) is 0 Å². The first-order valence-electron chi connectivity index (χ1n) is 8.12. The third-order valence-electron chi connectivity index (χ3n) is 4.98. The largest absolute Gasteiger partial charge is 0.314 e. The molecule has 2 aliphatic carbocycles. The van der Waals surface area contributed by atoms with Crippen molar-refractivity contribution in [1.29, 1.82) is 0 Å². The summed E-state index contributed by atoms with van der Waals surface area (Å²) < 4.78 is 0. The van der Waals surface area contributed by atoms with E-state index in [2.05, 4.69) is 12.2 Å². The smallest absolute Gasteiger partial charge is 0.00696 e. The van der Waals surface area contributed by atoms with Crippen LogP contribution in [0, 0.1) is 11.8 Å². The fraction of sp³-hybridized carbons (Fsp3) is 1.00. The van der Waals surface area contributed by atoms with Crippen molar-refractivity contribution in [3.63, 3.8) is 0 Å². The van der Waals surface area contributed by atoms with E-state index < -0.39 is 0 Å². The first-order valence-corrected chi connectivity index (χ1v) is 8.12. The van der Waals surface area contributed by atoms with Crippen molar-refractivity contribution in [2.75, 3.05) is 6.54 Å². The molecule has 0 saturated heterocycles. The molecule has 2 saturated carbocycles. The topological polar surface area (TPSA) is 12.0 Å². The highest BCUT2D eigenvalue weighted by atomic mass is 14.9. The molecule has 0 heterocycles. The van der Waals surface area contributed by atoms with Crippen LogP contribution in [0.4, 0.5) is 0 Å². The number of rotatable bonds is 7. The Labute approximate surface area is 108 Å². The molecule has 0 aromatic rings. The van der Waals surface area contributed by atoms with Crippen LogP contribution in [-0.4, -0.2) is 12.6 Å². The monoisotopic (exact) mass is 237 g/mol. The molecule has 0 aromatic heterocycles. The molecule has 0 amide bonds. The summed E-state index contributed by atoms with van der Waals surface area (Å²) in [4.78, 5) is 0. The maximum Gasteiger partial charge on any atom is 0.00696 e. The molecule has 2 rings (SSSR count). The van der Waals surface area contributed by atoms with Crippen LogP contribution in [0.3, 0.4) is 0 Å². The van der Waals surface area contributed by atoms with Crippen LogP contribution in [-0.2, 0) is 0 Å². The van der Waals surface area contributed by atoms with Crippen LogP contribution >= 0.6 is 0 Å². The number of hydrogen-bond acceptors (Lipinski definition) is 1. The van der Waals surface area contributed by atoms with E-state index >= 15 is 0 Å². The third-order valence-corrected chi connectivity index (χ3v) is 4.98. The van der Waals surface area contributed by atoms with Gasteiger partial charge in [0.25, 0.3) is 0 Å². The number of hydrogen-bond donors (Lipinski definition) is 1. The van der Waals surface area contributed by atoms with Crippen LogP contribution in [0.15, 0.2) is 0 Å². The van der Waals surface area contributed by atoms with Crippen LogP contribution in [0.25, 0.3) is 0 Å². The molecule has 0 radical (unpaired) electrons. The molecule has 17 heavy (non-hydrogen) atoms. The third kappa shape index (κ3) is 4.62.